The van der Waals surface area contributed by atoms with E-state index >= 15 is 0 Å². The Bertz CT molecular complexity index is 2390. The molecule has 12 heteroatoms. The van der Waals surface area contributed by atoms with Gasteiger partial charge in [0.25, 0.3) is 5.91 Å². The molecule has 0 fully saturated rings. The summed E-state index contributed by atoms with van der Waals surface area (Å²) >= 11 is 4.61. The Morgan fingerprint density at radius 2 is 1.85 bits per heavy atom. The molecule has 1 aliphatic heterocycles. The molecular weight excluding hydrogens is 636 g/mol. The van der Waals surface area contributed by atoms with Gasteiger partial charge in [-0.15, -0.1) is 0 Å². The van der Waals surface area contributed by atoms with E-state index in [1.807, 2.05) is 28.8 Å². The molecule has 0 spiro atoms. The molecular formula is C36H25F2N5O4S. The second-order valence-corrected chi connectivity index (χ2v) is 11.8. The fraction of sp³-hybridized carbons (Fsp3) is 0.0833. The van der Waals surface area contributed by atoms with E-state index in [9.17, 15) is 13.6 Å². The molecule has 0 saturated carbocycles. The Labute approximate surface area is 277 Å². The number of aromatic nitrogens is 3. The maximum atomic E-state index is 14.7. The van der Waals surface area contributed by atoms with Crippen molar-refractivity contribution >= 4 is 46.3 Å². The van der Waals surface area contributed by atoms with Gasteiger partial charge in [-0.2, -0.15) is 0 Å². The highest BCUT2D eigenvalue weighted by atomic mass is 32.1. The van der Waals surface area contributed by atoms with Crippen molar-refractivity contribution in [3.63, 3.8) is 0 Å². The Balaban J connectivity index is 1.24. The van der Waals surface area contributed by atoms with Crippen LogP contribution in [-0.2, 0) is 6.73 Å². The number of carbonyl (C=O) groups is 1. The molecule has 9 nitrogen and oxygen atoms in total. The number of carbonyl (C=O) groups excluding carboxylic acids is 1. The maximum absolute atomic E-state index is 14.7. The minimum absolute atomic E-state index is 0.231. The molecule has 0 radical (unpaired) electrons. The smallest absolute Gasteiger partial charge is 0.255 e. The highest BCUT2D eigenvalue weighted by molar-refractivity contribution is 7.81. The third-order valence-corrected chi connectivity index (χ3v) is 8.48. The second kappa shape index (κ2) is 11.4. The Morgan fingerprint density at radius 3 is 2.60 bits per heavy atom. The van der Waals surface area contributed by atoms with Crippen molar-refractivity contribution in [3.05, 3.63) is 108 Å². The second-order valence-electron chi connectivity index (χ2n) is 11.2. The van der Waals surface area contributed by atoms with Crippen molar-refractivity contribution < 1.29 is 27.5 Å². The summed E-state index contributed by atoms with van der Waals surface area (Å²) in [5.41, 5.74) is 5.26. The zero-order chi connectivity index (χ0) is 33.1. The molecule has 0 saturated heterocycles. The number of fused-ring (bicyclic) bond motifs is 6. The topological polar surface area (TPSA) is 94.6 Å². The number of halogens is 2. The van der Waals surface area contributed by atoms with Crippen LogP contribution in [0.3, 0.4) is 0 Å². The fourth-order valence-corrected chi connectivity index (χ4v) is 6.14. The normalized spacial score (nSPS) is 12.0. The van der Waals surface area contributed by atoms with Gasteiger partial charge in [-0.25, -0.2) is 18.7 Å². The van der Waals surface area contributed by atoms with E-state index in [4.69, 9.17) is 18.9 Å². The quantitative estimate of drug-likeness (QED) is 0.173. The van der Waals surface area contributed by atoms with Gasteiger partial charge < -0.3 is 28.1 Å². The van der Waals surface area contributed by atoms with E-state index in [2.05, 4.69) is 23.1 Å². The molecule has 238 valence electrons. The summed E-state index contributed by atoms with van der Waals surface area (Å²) in [6.07, 6.45) is 1.54. The lowest BCUT2D eigenvalue weighted by Gasteiger charge is -2.22. The van der Waals surface area contributed by atoms with Gasteiger partial charge >= 0.3 is 0 Å². The number of hydrogen-bond acceptors (Lipinski definition) is 8. The van der Waals surface area contributed by atoms with Gasteiger partial charge in [0.2, 0.25) is 5.88 Å². The largest absolute Gasteiger partial charge is 0.470 e. The highest BCUT2D eigenvalue weighted by Gasteiger charge is 2.27. The van der Waals surface area contributed by atoms with Crippen molar-refractivity contribution in [3.8, 4) is 51.3 Å². The number of hydrogen-bond donors (Lipinski definition) is 2. The third kappa shape index (κ3) is 4.88. The Kier molecular flexibility index (Phi) is 7.02. The van der Waals surface area contributed by atoms with Gasteiger partial charge in [0.15, 0.2) is 6.73 Å². The maximum Gasteiger partial charge on any atom is 0.255 e. The zero-order valence-electron chi connectivity index (χ0n) is 25.5. The van der Waals surface area contributed by atoms with Crippen LogP contribution in [0.4, 0.5) is 14.5 Å². The van der Waals surface area contributed by atoms with Crippen molar-refractivity contribution in [1.82, 2.24) is 19.9 Å². The summed E-state index contributed by atoms with van der Waals surface area (Å²) in [6.45, 7) is 0.231. The Morgan fingerprint density at radius 1 is 1.02 bits per heavy atom. The lowest BCUT2D eigenvalue weighted by molar-refractivity contribution is 0.0964. The summed E-state index contributed by atoms with van der Waals surface area (Å²) in [5, 5.41) is 3.76. The molecule has 1 aliphatic rings. The van der Waals surface area contributed by atoms with Crippen LogP contribution in [0.1, 0.15) is 10.4 Å². The number of nitrogens with one attached hydrogen (secondary N) is 1. The molecule has 1 amide bonds. The molecule has 8 rings (SSSR count). The van der Waals surface area contributed by atoms with Gasteiger partial charge in [-0.05, 0) is 66.7 Å². The average Bonchev–Trinajstić information content (AvgIpc) is 3.68. The molecule has 0 atom stereocenters. The van der Waals surface area contributed by atoms with E-state index in [0.29, 0.717) is 72.9 Å². The van der Waals surface area contributed by atoms with Crippen molar-refractivity contribution in [1.29, 1.82) is 0 Å². The molecule has 3 aromatic carbocycles. The van der Waals surface area contributed by atoms with Crippen LogP contribution in [-0.4, -0.2) is 34.5 Å². The van der Waals surface area contributed by atoms with Crippen LogP contribution < -0.4 is 19.1 Å². The summed E-state index contributed by atoms with van der Waals surface area (Å²) in [6, 6.07) is 23.0. The van der Waals surface area contributed by atoms with Crippen LogP contribution in [0.2, 0.25) is 0 Å². The van der Waals surface area contributed by atoms with Gasteiger partial charge in [0.05, 0.1) is 28.2 Å². The highest BCUT2D eigenvalue weighted by Crippen LogP contribution is 2.43. The summed E-state index contributed by atoms with van der Waals surface area (Å²) in [5.74, 6) is 0.558. The molecule has 7 aromatic rings. The van der Waals surface area contributed by atoms with Crippen LogP contribution >= 0.6 is 12.8 Å². The van der Waals surface area contributed by atoms with E-state index in [1.165, 1.54) is 30.3 Å². The lowest BCUT2D eigenvalue weighted by atomic mass is 10.0. The van der Waals surface area contributed by atoms with Crippen LogP contribution in [0, 0.1) is 11.6 Å². The van der Waals surface area contributed by atoms with E-state index in [0.717, 1.165) is 5.69 Å². The number of rotatable bonds is 6. The average molecular weight is 662 g/mol. The lowest BCUT2D eigenvalue weighted by Crippen LogP contribution is -2.18. The standard InChI is InChI=1S/C36H25F2N5O4S/c1-39-36(44)33-24-14-23(26-11-12-30-34(41-26)29-15-22-25(38)4-3-5-27(22)43(29)18-45-30)28(42(2)48)16-31(24)47-35(33)19-6-13-32(40-17-19)46-21-9-7-20(37)8-10-21/h3-17,48H,18H2,1-2H3,(H,39,44). The monoisotopic (exact) mass is 661 g/mol. The number of furan rings is 1. The predicted octanol–water partition coefficient (Wildman–Crippen LogP) is 8.24. The number of amides is 1. The molecule has 1 N–H and O–H groups in total. The van der Waals surface area contributed by atoms with Crippen molar-refractivity contribution in [2.24, 2.45) is 0 Å². The number of thiol groups is 1. The summed E-state index contributed by atoms with van der Waals surface area (Å²) < 4.78 is 49.6. The third-order valence-electron chi connectivity index (χ3n) is 8.26. The summed E-state index contributed by atoms with van der Waals surface area (Å²) in [4.78, 5) is 22.8. The number of anilines is 1. The first-order chi connectivity index (χ1) is 23.3. The van der Waals surface area contributed by atoms with Crippen molar-refractivity contribution in [2.75, 3.05) is 18.4 Å². The zero-order valence-corrected chi connectivity index (χ0v) is 26.4. The molecule has 0 unspecified atom stereocenters. The van der Waals surface area contributed by atoms with Crippen molar-refractivity contribution in [2.45, 2.75) is 6.73 Å². The number of pyridine rings is 2. The molecule has 48 heavy (non-hydrogen) atoms. The fourth-order valence-electron chi connectivity index (χ4n) is 5.97. The number of nitrogens with zero attached hydrogens (tertiary/aromatic N) is 4. The molecule has 4 aromatic heterocycles. The SMILES string of the molecule is CNC(=O)c1c(-c2ccc(Oc3ccc(F)cc3)nc2)oc2cc(N(C)S)c(-c3ccc4c(n3)-c3cc5c(F)cccc5n3CO4)cc12. The van der Waals surface area contributed by atoms with Gasteiger partial charge in [-0.3, -0.25) is 4.79 Å². The van der Waals surface area contributed by atoms with Crippen LogP contribution in [0.15, 0.2) is 95.5 Å². The minimum atomic E-state index is -0.371. The molecule has 0 bridgehead atoms. The first-order valence-electron chi connectivity index (χ1n) is 14.9. The summed E-state index contributed by atoms with van der Waals surface area (Å²) in [7, 11) is 3.33. The van der Waals surface area contributed by atoms with E-state index in [1.54, 1.807) is 54.9 Å². The molecule has 0 aliphatic carbocycles. The Hall–Kier alpha value is -5.88. The minimum Gasteiger partial charge on any atom is -0.470 e. The predicted molar refractivity (Wildman–Crippen MR) is 181 cm³/mol. The first kappa shape index (κ1) is 29.5. The van der Waals surface area contributed by atoms with Gasteiger partial charge in [-0.1, -0.05) is 18.9 Å². The van der Waals surface area contributed by atoms with Gasteiger partial charge in [0.1, 0.15) is 40.2 Å². The molecule has 5 heterocycles. The van der Waals surface area contributed by atoms with E-state index < -0.39 is 0 Å². The van der Waals surface area contributed by atoms with Crippen LogP contribution in [0.25, 0.3) is 55.8 Å². The number of benzene rings is 3. The van der Waals surface area contributed by atoms with Crippen LogP contribution in [0.5, 0.6) is 17.4 Å². The number of ether oxygens (including phenoxy) is 2. The van der Waals surface area contributed by atoms with E-state index in [-0.39, 0.29) is 30.2 Å². The first-order valence-corrected chi connectivity index (χ1v) is 15.3. The van der Waals surface area contributed by atoms with Gasteiger partial charge in [0, 0.05) is 54.3 Å².